The molecule has 0 unspecified atom stereocenters. The van der Waals surface area contributed by atoms with Crippen LogP contribution in [-0.4, -0.2) is 24.3 Å². The van der Waals surface area contributed by atoms with E-state index in [-0.39, 0.29) is 12.6 Å². The van der Waals surface area contributed by atoms with Gasteiger partial charge in [0, 0.05) is 6.08 Å². The van der Waals surface area contributed by atoms with Crippen LogP contribution in [-0.2, 0) is 22.4 Å². The van der Waals surface area contributed by atoms with Crippen LogP contribution in [0.25, 0.3) is 12.2 Å². The molecule has 0 aliphatic carbocycles. The Bertz CT molecular complexity index is 920. The summed E-state index contributed by atoms with van der Waals surface area (Å²) >= 11 is 0. The number of hydrogen-bond acceptors (Lipinski definition) is 3. The summed E-state index contributed by atoms with van der Waals surface area (Å²) in [5.74, 6) is -0.302. The summed E-state index contributed by atoms with van der Waals surface area (Å²) in [4.78, 5) is 11.1. The molecule has 0 aromatic heterocycles. The summed E-state index contributed by atoms with van der Waals surface area (Å²) in [6, 6.07) is 16.7. The van der Waals surface area contributed by atoms with Crippen LogP contribution >= 0.6 is 0 Å². The van der Waals surface area contributed by atoms with Gasteiger partial charge in [-0.05, 0) is 42.0 Å². The van der Waals surface area contributed by atoms with Gasteiger partial charge in [0.1, 0.15) is 0 Å². The van der Waals surface area contributed by atoms with Gasteiger partial charge in [-0.3, -0.25) is 0 Å². The predicted molar refractivity (Wildman–Crippen MR) is 141 cm³/mol. The Hall–Kier alpha value is -3.17. The number of benzene rings is 2. The van der Waals surface area contributed by atoms with Gasteiger partial charge in [0.15, 0.2) is 0 Å². The Balaban J connectivity index is 0.000000335. The van der Waals surface area contributed by atoms with E-state index < -0.39 is 0 Å². The first-order chi connectivity index (χ1) is 16.2. The van der Waals surface area contributed by atoms with Crippen LogP contribution in [0.3, 0.4) is 0 Å². The molecule has 3 heteroatoms. The van der Waals surface area contributed by atoms with Gasteiger partial charge in [0.25, 0.3) is 0 Å². The summed E-state index contributed by atoms with van der Waals surface area (Å²) < 4.78 is 4.80. The number of allylic oxidation sites excluding steroid dienone is 4. The van der Waals surface area contributed by atoms with Crippen molar-refractivity contribution in [2.24, 2.45) is 0 Å². The molecule has 1 N–H and O–H groups in total. The topological polar surface area (TPSA) is 46.5 Å². The maximum absolute atomic E-state index is 11.1. The standard InChI is InChI=1S/C16H20O2.C14H18O/c1-3-9-14-10-5-6-11-15(14)12-7-8-13-16(17)18-4-2;1-2-8-13-10-5-6-11-14(13)9-4-3-7-12-15/h5-8,10-13H,3-4,9H2,1-2H3;3-7,9-11,15H,2,8,12H2,1H3/b12-7+,13-8+;7-3+,9-4+. The zero-order valence-corrected chi connectivity index (χ0v) is 20.2. The molecule has 0 aliphatic rings. The fraction of sp³-hybridized carbons (Fsp3) is 0.300. The number of carbonyl (C=O) groups excluding carboxylic acids is 1. The van der Waals surface area contributed by atoms with Crippen molar-refractivity contribution in [3.8, 4) is 0 Å². The lowest BCUT2D eigenvalue weighted by atomic mass is 10.0. The zero-order valence-electron chi connectivity index (χ0n) is 20.2. The molecule has 2 aromatic carbocycles. The average molecular weight is 447 g/mol. The normalized spacial score (nSPS) is 11.4. The van der Waals surface area contributed by atoms with E-state index in [0.717, 1.165) is 25.7 Å². The van der Waals surface area contributed by atoms with Gasteiger partial charge in [-0.2, -0.15) is 0 Å². The summed E-state index contributed by atoms with van der Waals surface area (Å²) in [5.41, 5.74) is 5.18. The maximum Gasteiger partial charge on any atom is 0.330 e. The molecule has 0 heterocycles. The minimum atomic E-state index is -0.302. The lowest BCUT2D eigenvalue weighted by Gasteiger charge is -2.03. The second kappa shape index (κ2) is 18.4. The zero-order chi connectivity index (χ0) is 24.2. The third-order valence-electron chi connectivity index (χ3n) is 4.68. The number of aryl methyl sites for hydroxylation is 2. The molecule has 0 radical (unpaired) electrons. The number of hydrogen-bond donors (Lipinski definition) is 1. The molecule has 0 fully saturated rings. The van der Waals surface area contributed by atoms with E-state index in [2.05, 4.69) is 62.4 Å². The van der Waals surface area contributed by atoms with E-state index in [1.165, 1.54) is 28.3 Å². The van der Waals surface area contributed by atoms with Crippen molar-refractivity contribution >= 4 is 18.1 Å². The van der Waals surface area contributed by atoms with Crippen molar-refractivity contribution in [1.29, 1.82) is 0 Å². The van der Waals surface area contributed by atoms with Crippen LogP contribution in [0.15, 0.2) is 85.0 Å². The fourth-order valence-corrected chi connectivity index (χ4v) is 3.17. The van der Waals surface area contributed by atoms with Gasteiger partial charge < -0.3 is 9.84 Å². The second-order valence-corrected chi connectivity index (χ2v) is 7.34. The van der Waals surface area contributed by atoms with E-state index >= 15 is 0 Å². The molecule has 0 atom stereocenters. The van der Waals surface area contributed by atoms with Crippen molar-refractivity contribution in [1.82, 2.24) is 0 Å². The summed E-state index contributed by atoms with van der Waals surface area (Å²) in [6.07, 6.45) is 19.1. The van der Waals surface area contributed by atoms with Gasteiger partial charge in [-0.15, -0.1) is 0 Å². The quantitative estimate of drug-likeness (QED) is 0.230. The van der Waals surface area contributed by atoms with Gasteiger partial charge in [-0.1, -0.05) is 118 Å². The Labute approximate surface area is 199 Å². The first-order valence-corrected chi connectivity index (χ1v) is 11.8. The van der Waals surface area contributed by atoms with Crippen LogP contribution in [0, 0.1) is 0 Å². The molecular formula is C30H38O3. The summed E-state index contributed by atoms with van der Waals surface area (Å²) in [7, 11) is 0. The molecule has 176 valence electrons. The van der Waals surface area contributed by atoms with Crippen LogP contribution in [0.5, 0.6) is 0 Å². The number of ether oxygens (including phenoxy) is 1. The van der Waals surface area contributed by atoms with Crippen molar-refractivity contribution in [2.75, 3.05) is 13.2 Å². The number of aliphatic hydroxyl groups is 1. The maximum atomic E-state index is 11.1. The minimum Gasteiger partial charge on any atom is -0.463 e. The number of aliphatic hydroxyl groups excluding tert-OH is 1. The third-order valence-corrected chi connectivity index (χ3v) is 4.68. The van der Waals surface area contributed by atoms with E-state index in [0.29, 0.717) is 6.61 Å². The fourth-order valence-electron chi connectivity index (χ4n) is 3.17. The highest BCUT2D eigenvalue weighted by Crippen LogP contribution is 2.13. The third kappa shape index (κ3) is 12.4. The van der Waals surface area contributed by atoms with Crippen LogP contribution in [0.4, 0.5) is 0 Å². The molecule has 0 amide bonds. The van der Waals surface area contributed by atoms with E-state index in [4.69, 9.17) is 9.84 Å². The first-order valence-electron chi connectivity index (χ1n) is 11.8. The average Bonchev–Trinajstić information content (AvgIpc) is 2.82. The highest BCUT2D eigenvalue weighted by molar-refractivity contribution is 5.82. The van der Waals surface area contributed by atoms with Gasteiger partial charge in [-0.25, -0.2) is 4.79 Å². The van der Waals surface area contributed by atoms with Crippen LogP contribution < -0.4 is 0 Å². The Morgan fingerprint density at radius 1 is 0.788 bits per heavy atom. The lowest BCUT2D eigenvalue weighted by Crippen LogP contribution is -1.98. The summed E-state index contributed by atoms with van der Waals surface area (Å²) in [5, 5.41) is 8.58. The van der Waals surface area contributed by atoms with E-state index in [1.54, 1.807) is 19.1 Å². The molecule has 3 nitrogen and oxygen atoms in total. The molecular weight excluding hydrogens is 408 g/mol. The van der Waals surface area contributed by atoms with Crippen LogP contribution in [0.1, 0.15) is 55.9 Å². The van der Waals surface area contributed by atoms with Gasteiger partial charge in [0.2, 0.25) is 0 Å². The molecule has 2 rings (SSSR count). The highest BCUT2D eigenvalue weighted by atomic mass is 16.5. The van der Waals surface area contributed by atoms with Crippen molar-refractivity contribution < 1.29 is 14.6 Å². The molecule has 0 saturated heterocycles. The van der Waals surface area contributed by atoms with E-state index in [9.17, 15) is 4.79 Å². The largest absolute Gasteiger partial charge is 0.463 e. The Kier molecular flexibility index (Phi) is 15.5. The van der Waals surface area contributed by atoms with Gasteiger partial charge in [0.05, 0.1) is 13.2 Å². The molecule has 0 saturated carbocycles. The summed E-state index contributed by atoms with van der Waals surface area (Å²) in [6.45, 7) is 6.66. The monoisotopic (exact) mass is 446 g/mol. The second-order valence-electron chi connectivity index (χ2n) is 7.34. The van der Waals surface area contributed by atoms with Crippen molar-refractivity contribution in [2.45, 2.75) is 46.5 Å². The first kappa shape index (κ1) is 27.9. The minimum absolute atomic E-state index is 0.0982. The van der Waals surface area contributed by atoms with Crippen molar-refractivity contribution in [3.05, 3.63) is 107 Å². The smallest absolute Gasteiger partial charge is 0.330 e. The number of rotatable bonds is 11. The van der Waals surface area contributed by atoms with Crippen molar-refractivity contribution in [3.63, 3.8) is 0 Å². The SMILES string of the molecule is CCCc1ccccc1/C=C/C=C/C(=O)OCC.CCCc1ccccc1/C=C/C=C/CO. The molecule has 0 aliphatic heterocycles. The number of carbonyl (C=O) groups is 1. The molecule has 2 aromatic rings. The predicted octanol–water partition coefficient (Wildman–Crippen LogP) is 6.97. The molecule has 0 spiro atoms. The number of esters is 1. The van der Waals surface area contributed by atoms with E-state index in [1.807, 2.05) is 30.4 Å². The highest BCUT2D eigenvalue weighted by Gasteiger charge is 1.97. The Morgan fingerprint density at radius 2 is 1.30 bits per heavy atom. The lowest BCUT2D eigenvalue weighted by molar-refractivity contribution is -0.137. The molecule has 0 bridgehead atoms. The Morgan fingerprint density at radius 3 is 1.79 bits per heavy atom. The molecule has 33 heavy (non-hydrogen) atoms. The van der Waals surface area contributed by atoms with Crippen LogP contribution in [0.2, 0.25) is 0 Å². The van der Waals surface area contributed by atoms with Gasteiger partial charge >= 0.3 is 5.97 Å².